The topological polar surface area (TPSA) is 67.4 Å². The molecule has 0 aliphatic heterocycles. The third-order valence-electron chi connectivity index (χ3n) is 3.88. The van der Waals surface area contributed by atoms with E-state index < -0.39 is 10.0 Å². The molecule has 0 bridgehead atoms. The van der Waals surface area contributed by atoms with Gasteiger partial charge in [-0.05, 0) is 44.9 Å². The molecule has 0 spiro atoms. The zero-order valence-corrected chi connectivity index (χ0v) is 13.8. The summed E-state index contributed by atoms with van der Waals surface area (Å²) >= 11 is 1.32. The van der Waals surface area contributed by atoms with Crippen molar-refractivity contribution >= 4 is 21.4 Å². The molecule has 1 aliphatic rings. The summed E-state index contributed by atoms with van der Waals surface area (Å²) in [4.78, 5) is 1.05. The van der Waals surface area contributed by atoms with E-state index in [1.807, 2.05) is 14.0 Å². The monoisotopic (exact) mass is 318 g/mol. The normalized spacial score (nSPS) is 17.9. The molecule has 2 N–H and O–H groups in total. The van der Waals surface area contributed by atoms with Crippen molar-refractivity contribution < 1.29 is 13.2 Å². The van der Waals surface area contributed by atoms with Gasteiger partial charge >= 0.3 is 0 Å². The number of hydrogen-bond donors (Lipinski definition) is 2. The number of sulfonamides is 1. The number of aryl methyl sites for hydroxylation is 1. The smallest absolute Gasteiger partial charge is 0.250 e. The highest BCUT2D eigenvalue weighted by molar-refractivity contribution is 7.91. The summed E-state index contributed by atoms with van der Waals surface area (Å²) in [5, 5.41) is 3.05. The molecule has 114 valence electrons. The first-order valence-electron chi connectivity index (χ1n) is 6.71. The largest absolute Gasteiger partial charge is 0.377 e. The van der Waals surface area contributed by atoms with Crippen LogP contribution in [-0.4, -0.2) is 34.7 Å². The van der Waals surface area contributed by atoms with Crippen LogP contribution in [0.25, 0.3) is 0 Å². The van der Waals surface area contributed by atoms with Crippen LogP contribution in [0.5, 0.6) is 0 Å². The van der Waals surface area contributed by atoms with Gasteiger partial charge in [0.05, 0.1) is 5.60 Å². The summed E-state index contributed by atoms with van der Waals surface area (Å²) in [6, 6.07) is 1.74. The van der Waals surface area contributed by atoms with Crippen molar-refractivity contribution in [2.45, 2.75) is 42.5 Å². The molecular formula is C13H22N2O3S2. The first-order chi connectivity index (χ1) is 9.42. The van der Waals surface area contributed by atoms with Gasteiger partial charge in [0.2, 0.25) is 10.0 Å². The number of ether oxygens (including phenoxy) is 1. The summed E-state index contributed by atoms with van der Waals surface area (Å²) in [5.41, 5.74) is 0.711. The zero-order valence-electron chi connectivity index (χ0n) is 12.2. The predicted octanol–water partition coefficient (Wildman–Crippen LogP) is 1.62. The van der Waals surface area contributed by atoms with Crippen LogP contribution in [0.4, 0.5) is 0 Å². The van der Waals surface area contributed by atoms with E-state index in [1.54, 1.807) is 13.2 Å². The Morgan fingerprint density at radius 3 is 2.65 bits per heavy atom. The predicted molar refractivity (Wildman–Crippen MR) is 80.6 cm³/mol. The lowest BCUT2D eigenvalue weighted by atomic mass is 9.80. The van der Waals surface area contributed by atoms with Crippen molar-refractivity contribution in [2.24, 2.45) is 0 Å². The SMILES string of the molecule is CNCc1sc(S(=O)(=O)NCC2(OC)CCC2)cc1C. The van der Waals surface area contributed by atoms with E-state index in [9.17, 15) is 8.42 Å². The van der Waals surface area contributed by atoms with Crippen LogP contribution in [0, 0.1) is 6.92 Å². The first kappa shape index (κ1) is 15.9. The second-order valence-corrected chi connectivity index (χ2v) is 8.40. The second kappa shape index (κ2) is 6.11. The average molecular weight is 318 g/mol. The quantitative estimate of drug-likeness (QED) is 0.802. The molecule has 0 amide bonds. The number of hydrogen-bond acceptors (Lipinski definition) is 5. The number of rotatable bonds is 7. The van der Waals surface area contributed by atoms with Gasteiger partial charge in [-0.25, -0.2) is 13.1 Å². The molecule has 1 heterocycles. The van der Waals surface area contributed by atoms with E-state index in [4.69, 9.17) is 4.74 Å². The molecule has 0 aromatic carbocycles. The first-order valence-corrected chi connectivity index (χ1v) is 9.01. The van der Waals surface area contributed by atoms with E-state index in [0.29, 0.717) is 17.3 Å². The Hall–Kier alpha value is -0.470. The fourth-order valence-electron chi connectivity index (χ4n) is 2.28. The van der Waals surface area contributed by atoms with Gasteiger partial charge in [0, 0.05) is 25.1 Å². The van der Waals surface area contributed by atoms with Gasteiger partial charge < -0.3 is 10.1 Å². The Bertz CT molecular complexity index is 557. The van der Waals surface area contributed by atoms with Crippen molar-refractivity contribution in [3.8, 4) is 0 Å². The van der Waals surface area contributed by atoms with Crippen molar-refractivity contribution in [3.05, 3.63) is 16.5 Å². The number of thiophene rings is 1. The van der Waals surface area contributed by atoms with Crippen LogP contribution in [0.15, 0.2) is 10.3 Å². The number of nitrogens with one attached hydrogen (secondary N) is 2. The van der Waals surface area contributed by atoms with Gasteiger partial charge in [-0.2, -0.15) is 0 Å². The van der Waals surface area contributed by atoms with Crippen molar-refractivity contribution in [3.63, 3.8) is 0 Å². The molecule has 1 aliphatic carbocycles. The summed E-state index contributed by atoms with van der Waals surface area (Å²) in [6.45, 7) is 2.98. The van der Waals surface area contributed by atoms with Crippen LogP contribution in [-0.2, 0) is 21.3 Å². The lowest BCUT2D eigenvalue weighted by Gasteiger charge is -2.40. The molecule has 0 unspecified atom stereocenters. The van der Waals surface area contributed by atoms with Crippen LogP contribution in [0.1, 0.15) is 29.7 Å². The summed E-state index contributed by atoms with van der Waals surface area (Å²) in [5.74, 6) is 0. The van der Waals surface area contributed by atoms with Crippen molar-refractivity contribution in [1.82, 2.24) is 10.0 Å². The minimum Gasteiger partial charge on any atom is -0.377 e. The average Bonchev–Trinajstić information content (AvgIpc) is 2.72. The van der Waals surface area contributed by atoms with Gasteiger partial charge in [0.15, 0.2) is 0 Å². The van der Waals surface area contributed by atoms with Gasteiger partial charge in [-0.1, -0.05) is 0 Å². The lowest BCUT2D eigenvalue weighted by molar-refractivity contribution is -0.0659. The molecule has 5 nitrogen and oxygen atoms in total. The fraction of sp³-hybridized carbons (Fsp3) is 0.692. The molecule has 7 heteroatoms. The Balaban J connectivity index is 2.08. The summed E-state index contributed by atoms with van der Waals surface area (Å²) < 4.78 is 33.2. The Kier molecular flexibility index (Phi) is 4.86. The zero-order chi connectivity index (χ0) is 14.8. The molecular weight excluding hydrogens is 296 g/mol. The maximum atomic E-state index is 12.3. The van der Waals surface area contributed by atoms with Crippen LogP contribution < -0.4 is 10.0 Å². The van der Waals surface area contributed by atoms with Crippen LogP contribution >= 0.6 is 11.3 Å². The Labute approximate surface area is 124 Å². The van der Waals surface area contributed by atoms with Crippen molar-refractivity contribution in [1.29, 1.82) is 0 Å². The molecule has 1 aromatic heterocycles. The van der Waals surface area contributed by atoms with E-state index in [1.165, 1.54) is 11.3 Å². The van der Waals surface area contributed by atoms with E-state index in [2.05, 4.69) is 10.0 Å². The highest BCUT2D eigenvalue weighted by Crippen LogP contribution is 2.35. The van der Waals surface area contributed by atoms with E-state index >= 15 is 0 Å². The minimum atomic E-state index is -3.44. The van der Waals surface area contributed by atoms with E-state index in [0.717, 1.165) is 29.7 Å². The van der Waals surface area contributed by atoms with Gasteiger partial charge in [-0.3, -0.25) is 0 Å². The molecule has 0 radical (unpaired) electrons. The molecule has 0 saturated heterocycles. The lowest BCUT2D eigenvalue weighted by Crippen LogP contribution is -2.49. The highest BCUT2D eigenvalue weighted by atomic mass is 32.2. The minimum absolute atomic E-state index is 0.298. The van der Waals surface area contributed by atoms with Crippen molar-refractivity contribution in [2.75, 3.05) is 20.7 Å². The third-order valence-corrected chi connectivity index (χ3v) is 6.99. The molecule has 2 rings (SSSR count). The Morgan fingerprint density at radius 1 is 1.45 bits per heavy atom. The van der Waals surface area contributed by atoms with E-state index in [-0.39, 0.29) is 5.60 Å². The standard InChI is InChI=1S/C13H22N2O3S2/c1-10-7-12(19-11(10)8-14-2)20(16,17)15-9-13(18-3)5-4-6-13/h7,14-15H,4-6,8-9H2,1-3H3. The summed E-state index contributed by atoms with van der Waals surface area (Å²) in [7, 11) is 0.0593. The second-order valence-electron chi connectivity index (χ2n) is 5.27. The Morgan fingerprint density at radius 2 is 2.15 bits per heavy atom. The third kappa shape index (κ3) is 3.23. The maximum absolute atomic E-state index is 12.3. The molecule has 1 fully saturated rings. The maximum Gasteiger partial charge on any atom is 0.250 e. The highest BCUT2D eigenvalue weighted by Gasteiger charge is 2.38. The van der Waals surface area contributed by atoms with Crippen LogP contribution in [0.2, 0.25) is 0 Å². The van der Waals surface area contributed by atoms with Crippen LogP contribution in [0.3, 0.4) is 0 Å². The van der Waals surface area contributed by atoms with Gasteiger partial charge in [0.1, 0.15) is 4.21 Å². The molecule has 20 heavy (non-hydrogen) atoms. The molecule has 0 atom stereocenters. The fourth-order valence-corrected chi connectivity index (χ4v) is 5.04. The number of methoxy groups -OCH3 is 1. The molecule has 1 saturated carbocycles. The van der Waals surface area contributed by atoms with Gasteiger partial charge in [-0.15, -0.1) is 11.3 Å². The molecule has 1 aromatic rings. The summed E-state index contributed by atoms with van der Waals surface area (Å²) in [6.07, 6.45) is 2.93. The van der Waals surface area contributed by atoms with Gasteiger partial charge in [0.25, 0.3) is 0 Å².